The van der Waals surface area contributed by atoms with Crippen LogP contribution in [0.2, 0.25) is 5.02 Å². The van der Waals surface area contributed by atoms with E-state index in [-0.39, 0.29) is 0 Å². The van der Waals surface area contributed by atoms with Crippen LogP contribution in [0.1, 0.15) is 5.56 Å². The third-order valence-electron chi connectivity index (χ3n) is 3.50. The van der Waals surface area contributed by atoms with Crippen molar-refractivity contribution in [3.63, 3.8) is 0 Å². The first-order chi connectivity index (χ1) is 12.1. The second-order valence-corrected chi connectivity index (χ2v) is 5.62. The Labute approximate surface area is 149 Å². The molecule has 3 rings (SSSR count). The van der Waals surface area contributed by atoms with Crippen LogP contribution >= 0.6 is 11.6 Å². The van der Waals surface area contributed by atoms with Gasteiger partial charge >= 0.3 is 0 Å². The lowest BCUT2D eigenvalue weighted by atomic mass is 10.1. The van der Waals surface area contributed by atoms with E-state index in [0.717, 1.165) is 5.69 Å². The molecule has 0 radical (unpaired) electrons. The number of hydrogen-bond donors (Lipinski definition) is 0. The van der Waals surface area contributed by atoms with Gasteiger partial charge in [0.2, 0.25) is 0 Å². The average Bonchev–Trinajstić information content (AvgIpc) is 3.04. The molecule has 0 fully saturated rings. The van der Waals surface area contributed by atoms with E-state index in [1.54, 1.807) is 35.1 Å². The van der Waals surface area contributed by atoms with E-state index in [1.807, 2.05) is 36.4 Å². The summed E-state index contributed by atoms with van der Waals surface area (Å²) >= 11 is 6.05. The topological polar surface area (TPSA) is 81.7 Å². The number of carbonyl (C=O) groups is 1. The van der Waals surface area contributed by atoms with Crippen LogP contribution in [0, 0.1) is 11.3 Å². The summed E-state index contributed by atoms with van der Waals surface area (Å²) in [6, 6.07) is 18.0. The number of para-hydroxylation sites is 1. The van der Waals surface area contributed by atoms with Gasteiger partial charge < -0.3 is 9.90 Å². The number of aliphatic carboxylic acids is 1. The van der Waals surface area contributed by atoms with Gasteiger partial charge in [0.25, 0.3) is 0 Å². The number of aromatic nitrogens is 2. The van der Waals surface area contributed by atoms with Gasteiger partial charge in [-0.05, 0) is 30.3 Å². The van der Waals surface area contributed by atoms with Crippen molar-refractivity contribution in [2.45, 2.75) is 0 Å². The van der Waals surface area contributed by atoms with Crippen LogP contribution in [0.4, 0.5) is 0 Å². The molecule has 0 N–H and O–H groups in total. The first-order valence-corrected chi connectivity index (χ1v) is 7.70. The van der Waals surface area contributed by atoms with E-state index in [2.05, 4.69) is 5.10 Å². The van der Waals surface area contributed by atoms with Crippen LogP contribution in [0.5, 0.6) is 0 Å². The molecule has 0 bridgehead atoms. The van der Waals surface area contributed by atoms with Gasteiger partial charge in [0.15, 0.2) is 0 Å². The monoisotopic (exact) mass is 348 g/mol. The molecule has 0 aliphatic heterocycles. The summed E-state index contributed by atoms with van der Waals surface area (Å²) < 4.78 is 1.62. The van der Waals surface area contributed by atoms with Gasteiger partial charge in [-0.2, -0.15) is 10.4 Å². The third-order valence-corrected chi connectivity index (χ3v) is 3.74. The van der Waals surface area contributed by atoms with Crippen molar-refractivity contribution in [1.82, 2.24) is 9.78 Å². The Morgan fingerprint density at radius 1 is 1.20 bits per heavy atom. The molecule has 0 spiro atoms. The Morgan fingerprint density at radius 2 is 1.96 bits per heavy atom. The lowest BCUT2D eigenvalue weighted by Gasteiger charge is -2.02. The smallest absolute Gasteiger partial charge is 0.101 e. The summed E-state index contributed by atoms with van der Waals surface area (Å²) in [4.78, 5) is 11.1. The van der Waals surface area contributed by atoms with Crippen molar-refractivity contribution in [2.75, 3.05) is 0 Å². The van der Waals surface area contributed by atoms with Crippen molar-refractivity contribution in [3.05, 3.63) is 77.0 Å². The molecule has 1 heterocycles. The standard InChI is InChI=1S/C19H12ClN3O2/c20-16-6-4-5-13(10-16)18-15(9-14(11-21)19(24)25)12-23(22-18)17-7-2-1-3-8-17/h1-10,12H,(H,24,25)/p-1/b14-9+. The maximum atomic E-state index is 11.1. The number of nitriles is 1. The molecule has 0 amide bonds. The first kappa shape index (κ1) is 16.5. The molecule has 0 aliphatic rings. The molecule has 2 aromatic carbocycles. The molecule has 0 saturated carbocycles. The fourth-order valence-electron chi connectivity index (χ4n) is 2.36. The Balaban J connectivity index is 2.20. The number of carboxylic acid groups (broad SMARTS) is 1. The maximum Gasteiger partial charge on any atom is 0.101 e. The number of nitrogens with zero attached hydrogens (tertiary/aromatic N) is 3. The van der Waals surface area contributed by atoms with E-state index in [4.69, 9.17) is 16.9 Å². The number of benzene rings is 2. The minimum atomic E-state index is -1.54. The highest BCUT2D eigenvalue weighted by molar-refractivity contribution is 6.30. The van der Waals surface area contributed by atoms with Crippen molar-refractivity contribution >= 4 is 23.6 Å². The quantitative estimate of drug-likeness (QED) is 0.536. The number of carbonyl (C=O) groups excluding carboxylic acids is 1. The van der Waals surface area contributed by atoms with Crippen LogP contribution in [0.3, 0.4) is 0 Å². The summed E-state index contributed by atoms with van der Waals surface area (Å²) in [7, 11) is 0. The van der Waals surface area contributed by atoms with E-state index in [0.29, 0.717) is 21.8 Å². The largest absolute Gasteiger partial charge is 0.544 e. The van der Waals surface area contributed by atoms with Crippen LogP contribution in [0.25, 0.3) is 23.0 Å². The molecule has 122 valence electrons. The molecule has 1 aromatic heterocycles. The SMILES string of the molecule is N#C/C(=C\c1cn(-c2ccccc2)nc1-c1cccc(Cl)c1)C(=O)[O-]. The van der Waals surface area contributed by atoms with Gasteiger partial charge in [-0.1, -0.05) is 41.9 Å². The van der Waals surface area contributed by atoms with Crippen molar-refractivity contribution in [1.29, 1.82) is 5.26 Å². The Bertz CT molecular complexity index is 1000. The second kappa shape index (κ2) is 7.04. The van der Waals surface area contributed by atoms with E-state index in [9.17, 15) is 9.90 Å². The van der Waals surface area contributed by atoms with Gasteiger partial charge in [0.1, 0.15) is 11.8 Å². The van der Waals surface area contributed by atoms with Crippen LogP contribution < -0.4 is 5.11 Å². The minimum absolute atomic E-state index is 0.476. The predicted octanol–water partition coefficient (Wildman–Crippen LogP) is 2.85. The highest BCUT2D eigenvalue weighted by Crippen LogP contribution is 2.27. The second-order valence-electron chi connectivity index (χ2n) is 5.18. The molecular weight excluding hydrogens is 338 g/mol. The summed E-state index contributed by atoms with van der Waals surface area (Å²) in [5.41, 5.74) is 2.03. The normalized spacial score (nSPS) is 11.1. The summed E-state index contributed by atoms with van der Waals surface area (Å²) in [5, 5.41) is 25.1. The van der Waals surface area contributed by atoms with Crippen molar-refractivity contribution in [2.24, 2.45) is 0 Å². The average molecular weight is 349 g/mol. The molecule has 3 aromatic rings. The fourth-order valence-corrected chi connectivity index (χ4v) is 2.55. The number of carboxylic acids is 1. The number of halogens is 1. The third kappa shape index (κ3) is 3.60. The molecule has 0 aliphatic carbocycles. The Morgan fingerprint density at radius 3 is 2.60 bits per heavy atom. The zero-order valence-corrected chi connectivity index (χ0v) is 13.6. The van der Waals surface area contributed by atoms with Gasteiger partial charge in [-0.15, -0.1) is 0 Å². The number of rotatable bonds is 4. The highest BCUT2D eigenvalue weighted by Gasteiger charge is 2.12. The Hall–Kier alpha value is -3.36. The molecule has 0 atom stereocenters. The van der Waals surface area contributed by atoms with Crippen LogP contribution in [-0.2, 0) is 4.79 Å². The van der Waals surface area contributed by atoms with E-state index in [1.165, 1.54) is 6.08 Å². The maximum absolute atomic E-state index is 11.1. The van der Waals surface area contributed by atoms with E-state index < -0.39 is 11.5 Å². The molecule has 0 unspecified atom stereocenters. The molecule has 25 heavy (non-hydrogen) atoms. The van der Waals surface area contributed by atoms with Gasteiger partial charge in [0.05, 0.1) is 17.2 Å². The lowest BCUT2D eigenvalue weighted by molar-refractivity contribution is -0.298. The zero-order valence-electron chi connectivity index (χ0n) is 12.9. The minimum Gasteiger partial charge on any atom is -0.544 e. The predicted molar refractivity (Wildman–Crippen MR) is 92.6 cm³/mol. The lowest BCUT2D eigenvalue weighted by Crippen LogP contribution is -2.23. The molecule has 5 nitrogen and oxygen atoms in total. The van der Waals surface area contributed by atoms with Gasteiger partial charge in [-0.25, -0.2) is 4.68 Å². The fraction of sp³-hybridized carbons (Fsp3) is 0. The highest BCUT2D eigenvalue weighted by atomic mass is 35.5. The summed E-state index contributed by atoms with van der Waals surface area (Å²) in [6.45, 7) is 0. The molecular formula is C19H11ClN3O2-. The summed E-state index contributed by atoms with van der Waals surface area (Å²) in [5.74, 6) is -1.54. The summed E-state index contributed by atoms with van der Waals surface area (Å²) in [6.07, 6.45) is 2.91. The van der Waals surface area contributed by atoms with Gasteiger partial charge in [-0.3, -0.25) is 0 Å². The Kier molecular flexibility index (Phi) is 4.64. The van der Waals surface area contributed by atoms with Crippen molar-refractivity contribution < 1.29 is 9.90 Å². The van der Waals surface area contributed by atoms with Gasteiger partial charge in [0, 0.05) is 22.3 Å². The van der Waals surface area contributed by atoms with Crippen molar-refractivity contribution in [3.8, 4) is 23.0 Å². The molecule has 6 heteroatoms. The number of hydrogen-bond acceptors (Lipinski definition) is 4. The van der Waals surface area contributed by atoms with Crippen LogP contribution in [0.15, 0.2) is 66.4 Å². The van der Waals surface area contributed by atoms with Crippen LogP contribution in [-0.4, -0.2) is 15.7 Å². The van der Waals surface area contributed by atoms with E-state index >= 15 is 0 Å². The zero-order chi connectivity index (χ0) is 17.8. The first-order valence-electron chi connectivity index (χ1n) is 7.32. The molecule has 0 saturated heterocycles.